The molecule has 0 spiro atoms. The van der Waals surface area contributed by atoms with E-state index in [-0.39, 0.29) is 5.78 Å². The van der Waals surface area contributed by atoms with E-state index in [2.05, 4.69) is 0 Å². The number of carbonyl (C=O) groups excluding carboxylic acids is 1. The number of hydrogen-bond acceptors (Lipinski definition) is 4. The third-order valence-corrected chi connectivity index (χ3v) is 4.33. The van der Waals surface area contributed by atoms with Crippen molar-refractivity contribution in [3.63, 3.8) is 0 Å². The lowest BCUT2D eigenvalue weighted by molar-refractivity contribution is -0.410. The van der Waals surface area contributed by atoms with Gasteiger partial charge in [-0.2, -0.15) is 0 Å². The summed E-state index contributed by atoms with van der Waals surface area (Å²) < 4.78 is 0. The zero-order valence-corrected chi connectivity index (χ0v) is 16.4. The number of aliphatic hydroxyl groups is 1. The molecular weight excluding hydrogens is 328 g/mol. The molecular formula is C22H28O4. The van der Waals surface area contributed by atoms with Crippen LogP contribution in [-0.2, 0) is 21.0 Å². The second-order valence-electron chi connectivity index (χ2n) is 8.02. The SMILES string of the molecule is CC(C)(O)C(=O)c1ccc(C(C)(C)OOC(C)(C)c2ccccc2)cc1. The van der Waals surface area contributed by atoms with Crippen molar-refractivity contribution in [3.8, 4) is 0 Å². The fourth-order valence-electron chi connectivity index (χ4n) is 2.52. The molecule has 4 nitrogen and oxygen atoms in total. The Balaban J connectivity index is 2.11. The van der Waals surface area contributed by atoms with E-state index in [1.165, 1.54) is 13.8 Å². The quantitative estimate of drug-likeness (QED) is 0.441. The number of benzene rings is 2. The summed E-state index contributed by atoms with van der Waals surface area (Å²) in [5.41, 5.74) is -0.355. The Morgan fingerprint density at radius 1 is 0.731 bits per heavy atom. The highest BCUT2D eigenvalue weighted by molar-refractivity contribution is 6.01. The summed E-state index contributed by atoms with van der Waals surface area (Å²) in [4.78, 5) is 23.7. The lowest BCUT2D eigenvalue weighted by Gasteiger charge is -2.31. The van der Waals surface area contributed by atoms with Gasteiger partial charge in [0.15, 0.2) is 5.78 Å². The van der Waals surface area contributed by atoms with Crippen LogP contribution < -0.4 is 0 Å². The van der Waals surface area contributed by atoms with Crippen LogP contribution in [0.3, 0.4) is 0 Å². The van der Waals surface area contributed by atoms with E-state index in [0.717, 1.165) is 11.1 Å². The van der Waals surface area contributed by atoms with Crippen LogP contribution in [-0.4, -0.2) is 16.5 Å². The van der Waals surface area contributed by atoms with Crippen LogP contribution in [0.4, 0.5) is 0 Å². The molecule has 0 radical (unpaired) electrons. The average molecular weight is 356 g/mol. The van der Waals surface area contributed by atoms with Gasteiger partial charge in [0.05, 0.1) is 0 Å². The van der Waals surface area contributed by atoms with E-state index in [4.69, 9.17) is 9.78 Å². The first kappa shape index (κ1) is 20.3. The van der Waals surface area contributed by atoms with Gasteiger partial charge in [-0.05, 0) is 52.7 Å². The van der Waals surface area contributed by atoms with E-state index in [9.17, 15) is 9.90 Å². The van der Waals surface area contributed by atoms with E-state index < -0.39 is 16.8 Å². The van der Waals surface area contributed by atoms with Gasteiger partial charge in [0.1, 0.15) is 16.8 Å². The second kappa shape index (κ2) is 7.31. The topological polar surface area (TPSA) is 55.8 Å². The highest BCUT2D eigenvalue weighted by atomic mass is 17.2. The van der Waals surface area contributed by atoms with Crippen LogP contribution in [0, 0.1) is 0 Å². The molecule has 4 heteroatoms. The fourth-order valence-corrected chi connectivity index (χ4v) is 2.52. The smallest absolute Gasteiger partial charge is 0.193 e. The first-order valence-electron chi connectivity index (χ1n) is 8.73. The summed E-state index contributed by atoms with van der Waals surface area (Å²) in [6, 6.07) is 16.9. The predicted octanol–water partition coefficient (Wildman–Crippen LogP) is 4.76. The molecule has 0 amide bonds. The molecule has 0 aliphatic heterocycles. The molecule has 0 fully saturated rings. The third-order valence-electron chi connectivity index (χ3n) is 4.33. The van der Waals surface area contributed by atoms with Crippen molar-refractivity contribution in [1.82, 2.24) is 0 Å². The first-order valence-corrected chi connectivity index (χ1v) is 8.73. The Bertz CT molecular complexity index is 738. The van der Waals surface area contributed by atoms with Crippen molar-refractivity contribution in [2.75, 3.05) is 0 Å². The molecule has 140 valence electrons. The van der Waals surface area contributed by atoms with Crippen LogP contribution in [0.25, 0.3) is 0 Å². The van der Waals surface area contributed by atoms with Gasteiger partial charge in [0.2, 0.25) is 0 Å². The fraction of sp³-hybridized carbons (Fsp3) is 0.409. The minimum atomic E-state index is -1.39. The summed E-state index contributed by atoms with van der Waals surface area (Å²) in [6.45, 7) is 10.7. The van der Waals surface area contributed by atoms with Crippen LogP contribution in [0.2, 0.25) is 0 Å². The van der Waals surface area contributed by atoms with E-state index >= 15 is 0 Å². The molecule has 0 aliphatic carbocycles. The highest BCUT2D eigenvalue weighted by Crippen LogP contribution is 2.31. The Hall–Kier alpha value is -2.01. The number of carbonyl (C=O) groups is 1. The molecule has 0 atom stereocenters. The largest absolute Gasteiger partial charge is 0.382 e. The summed E-state index contributed by atoms with van der Waals surface area (Å²) in [5.74, 6) is -0.316. The van der Waals surface area contributed by atoms with Gasteiger partial charge in [0.25, 0.3) is 0 Å². The number of rotatable bonds is 7. The van der Waals surface area contributed by atoms with Crippen molar-refractivity contribution in [3.05, 3.63) is 71.3 Å². The standard InChI is InChI=1S/C22H28O4/c1-20(2,24)19(23)16-12-14-18(15-13-16)22(5,6)26-25-21(3,4)17-10-8-7-9-11-17/h7-15,24H,1-6H3. The zero-order valence-electron chi connectivity index (χ0n) is 16.4. The predicted molar refractivity (Wildman–Crippen MR) is 102 cm³/mol. The molecule has 0 aliphatic rings. The lowest BCUT2D eigenvalue weighted by Crippen LogP contribution is -2.31. The average Bonchev–Trinajstić information content (AvgIpc) is 2.60. The maximum absolute atomic E-state index is 12.1. The van der Waals surface area contributed by atoms with Gasteiger partial charge in [0, 0.05) is 5.56 Å². The van der Waals surface area contributed by atoms with Gasteiger partial charge in [-0.15, -0.1) is 0 Å². The van der Waals surface area contributed by atoms with Crippen LogP contribution in [0.15, 0.2) is 54.6 Å². The first-order chi connectivity index (χ1) is 11.9. The summed E-state index contributed by atoms with van der Waals surface area (Å²) in [7, 11) is 0. The molecule has 2 aromatic carbocycles. The van der Waals surface area contributed by atoms with Crippen molar-refractivity contribution in [2.24, 2.45) is 0 Å². The Labute approximate surface area is 155 Å². The van der Waals surface area contributed by atoms with Crippen molar-refractivity contribution < 1.29 is 19.7 Å². The zero-order chi connectivity index (χ0) is 19.6. The molecule has 1 N–H and O–H groups in total. The van der Waals surface area contributed by atoms with Crippen LogP contribution >= 0.6 is 0 Å². The monoisotopic (exact) mass is 356 g/mol. The summed E-state index contributed by atoms with van der Waals surface area (Å²) >= 11 is 0. The molecule has 0 saturated heterocycles. The molecule has 2 rings (SSSR count). The Morgan fingerprint density at radius 3 is 1.58 bits per heavy atom. The summed E-state index contributed by atoms with van der Waals surface area (Å²) in [5, 5.41) is 9.86. The molecule has 0 aromatic heterocycles. The molecule has 0 unspecified atom stereocenters. The van der Waals surface area contributed by atoms with E-state index in [1.807, 2.05) is 70.2 Å². The van der Waals surface area contributed by atoms with E-state index in [1.54, 1.807) is 12.1 Å². The number of ketones is 1. The van der Waals surface area contributed by atoms with Crippen LogP contribution in [0.5, 0.6) is 0 Å². The third kappa shape index (κ3) is 4.79. The van der Waals surface area contributed by atoms with Gasteiger partial charge < -0.3 is 5.11 Å². The Morgan fingerprint density at radius 2 is 1.15 bits per heavy atom. The van der Waals surface area contributed by atoms with Gasteiger partial charge in [-0.3, -0.25) is 4.79 Å². The van der Waals surface area contributed by atoms with Crippen LogP contribution in [0.1, 0.15) is 63.0 Å². The second-order valence-corrected chi connectivity index (χ2v) is 8.02. The van der Waals surface area contributed by atoms with E-state index in [0.29, 0.717) is 5.56 Å². The molecule has 0 saturated carbocycles. The molecule has 0 heterocycles. The van der Waals surface area contributed by atoms with Crippen molar-refractivity contribution >= 4 is 5.78 Å². The lowest BCUT2D eigenvalue weighted by atomic mass is 9.92. The van der Waals surface area contributed by atoms with Crippen molar-refractivity contribution in [1.29, 1.82) is 0 Å². The number of Topliss-reactive ketones (excluding diaryl/α,β-unsaturated/α-hetero) is 1. The minimum absolute atomic E-state index is 0.316. The number of hydrogen-bond donors (Lipinski definition) is 1. The molecule has 2 aromatic rings. The van der Waals surface area contributed by atoms with Gasteiger partial charge in [-0.1, -0.05) is 54.6 Å². The maximum atomic E-state index is 12.1. The summed E-state index contributed by atoms with van der Waals surface area (Å²) in [6.07, 6.45) is 0. The highest BCUT2D eigenvalue weighted by Gasteiger charge is 2.30. The maximum Gasteiger partial charge on any atom is 0.193 e. The minimum Gasteiger partial charge on any atom is -0.382 e. The van der Waals surface area contributed by atoms with Gasteiger partial charge >= 0.3 is 0 Å². The molecule has 26 heavy (non-hydrogen) atoms. The molecule has 0 bridgehead atoms. The Kier molecular flexibility index (Phi) is 5.71. The normalized spacial score (nSPS) is 12.9. The van der Waals surface area contributed by atoms with Crippen molar-refractivity contribution in [2.45, 2.75) is 58.3 Å². The van der Waals surface area contributed by atoms with Gasteiger partial charge in [-0.25, -0.2) is 9.78 Å².